The highest BCUT2D eigenvalue weighted by molar-refractivity contribution is 7.91. The van der Waals surface area contributed by atoms with Crippen LogP contribution in [0.5, 0.6) is 0 Å². The molecule has 4 nitrogen and oxygen atoms in total. The molecule has 25 heavy (non-hydrogen) atoms. The summed E-state index contributed by atoms with van der Waals surface area (Å²) in [7, 11) is 2.62. The van der Waals surface area contributed by atoms with Gasteiger partial charge in [0.15, 0.2) is 0 Å². The van der Waals surface area contributed by atoms with E-state index in [1.54, 1.807) is 30.3 Å². The Morgan fingerprint density at radius 2 is 1.68 bits per heavy atom. The molecule has 0 radical (unpaired) electrons. The lowest BCUT2D eigenvalue weighted by molar-refractivity contribution is 0.413. The maximum absolute atomic E-state index is 12.9. The minimum absolute atomic E-state index is 0.330. The second kappa shape index (κ2) is 6.65. The zero-order valence-corrected chi connectivity index (χ0v) is 16.0. The molecular weight excluding hydrogens is 332 g/mol. The van der Waals surface area contributed by atoms with Crippen molar-refractivity contribution >= 4 is 20.7 Å². The van der Waals surface area contributed by atoms with Gasteiger partial charge in [0.1, 0.15) is 0 Å². The molecule has 2 aromatic carbocycles. The summed E-state index contributed by atoms with van der Waals surface area (Å²) in [6, 6.07) is 14.1. The van der Waals surface area contributed by atoms with Gasteiger partial charge in [-0.25, -0.2) is 8.42 Å². The molecular formula is C20H24N2O2S. The number of benzene rings is 2. The maximum Gasteiger partial charge on any atom is 0.206 e. The minimum atomic E-state index is -3.50. The van der Waals surface area contributed by atoms with Crippen LogP contribution in [0.3, 0.4) is 0 Å². The molecule has 132 valence electrons. The van der Waals surface area contributed by atoms with Crippen molar-refractivity contribution in [2.45, 2.75) is 23.1 Å². The Bertz CT molecular complexity index is 1000. The summed E-state index contributed by atoms with van der Waals surface area (Å²) in [6.45, 7) is 3.02. The maximum atomic E-state index is 12.9. The summed E-state index contributed by atoms with van der Waals surface area (Å²) in [6.07, 6.45) is 0.894. The summed E-state index contributed by atoms with van der Waals surface area (Å²) in [5.74, 6) is 0. The van der Waals surface area contributed by atoms with Crippen LogP contribution in [-0.4, -0.2) is 38.5 Å². The topological polar surface area (TPSA) is 42.3 Å². The summed E-state index contributed by atoms with van der Waals surface area (Å²) in [5.41, 5.74) is 3.47. The average Bonchev–Trinajstić information content (AvgIpc) is 2.84. The van der Waals surface area contributed by atoms with E-state index in [1.165, 1.54) is 11.3 Å². The molecule has 0 unspecified atom stereocenters. The number of nitrogens with zero attached hydrogens (tertiary/aromatic N) is 2. The standard InChI is InChI=1S/C20H24N2O2S/c1-15-18(12-13-21(2)3)19-14-17(10-11-20(19)22(15)4)25(23,24)16-8-6-5-7-9-16/h5-11,14H,12-13H2,1-4H3. The van der Waals surface area contributed by atoms with Gasteiger partial charge in [-0.3, -0.25) is 0 Å². The number of hydrogen-bond acceptors (Lipinski definition) is 3. The molecule has 3 aromatic rings. The van der Waals surface area contributed by atoms with Gasteiger partial charge < -0.3 is 9.47 Å². The smallest absolute Gasteiger partial charge is 0.206 e. The molecule has 1 heterocycles. The van der Waals surface area contributed by atoms with Crippen molar-refractivity contribution in [3.05, 3.63) is 59.8 Å². The van der Waals surface area contributed by atoms with Crippen molar-refractivity contribution in [2.24, 2.45) is 7.05 Å². The highest BCUT2D eigenvalue weighted by atomic mass is 32.2. The van der Waals surface area contributed by atoms with Gasteiger partial charge in [-0.2, -0.15) is 0 Å². The third-order valence-electron chi connectivity index (χ3n) is 4.77. The fraction of sp³-hybridized carbons (Fsp3) is 0.300. The average molecular weight is 356 g/mol. The van der Waals surface area contributed by atoms with Crippen molar-refractivity contribution in [3.63, 3.8) is 0 Å². The highest BCUT2D eigenvalue weighted by Crippen LogP contribution is 2.30. The highest BCUT2D eigenvalue weighted by Gasteiger charge is 2.20. The molecule has 0 fully saturated rings. The number of aryl methyl sites for hydroxylation is 1. The Labute approximate surface area is 149 Å². The van der Waals surface area contributed by atoms with E-state index in [2.05, 4.69) is 16.4 Å². The predicted molar refractivity (Wildman–Crippen MR) is 102 cm³/mol. The van der Waals surface area contributed by atoms with E-state index in [9.17, 15) is 8.42 Å². The summed E-state index contributed by atoms with van der Waals surface area (Å²) < 4.78 is 28.0. The van der Waals surface area contributed by atoms with Crippen molar-refractivity contribution in [3.8, 4) is 0 Å². The van der Waals surface area contributed by atoms with E-state index in [1.807, 2.05) is 39.3 Å². The van der Waals surface area contributed by atoms with Gasteiger partial charge in [-0.15, -0.1) is 0 Å². The SMILES string of the molecule is Cc1c(CCN(C)C)c2cc(S(=O)(=O)c3ccccc3)ccc2n1C. The first-order valence-electron chi connectivity index (χ1n) is 8.35. The van der Waals surface area contributed by atoms with Crippen LogP contribution < -0.4 is 0 Å². The quantitative estimate of drug-likeness (QED) is 0.703. The van der Waals surface area contributed by atoms with E-state index >= 15 is 0 Å². The molecule has 1 aromatic heterocycles. The monoisotopic (exact) mass is 356 g/mol. The second-order valence-electron chi connectivity index (χ2n) is 6.67. The molecule has 5 heteroatoms. The molecule has 0 amide bonds. The van der Waals surface area contributed by atoms with Crippen LogP contribution in [0, 0.1) is 6.92 Å². The van der Waals surface area contributed by atoms with Gasteiger partial charge in [0.2, 0.25) is 9.84 Å². The molecule has 0 N–H and O–H groups in total. The summed E-state index contributed by atoms with van der Waals surface area (Å²) >= 11 is 0. The lowest BCUT2D eigenvalue weighted by Gasteiger charge is -2.10. The molecule has 3 rings (SSSR count). The van der Waals surface area contributed by atoms with Gasteiger partial charge in [-0.05, 0) is 63.3 Å². The number of sulfone groups is 1. The fourth-order valence-electron chi connectivity index (χ4n) is 3.18. The molecule has 0 saturated heterocycles. The van der Waals surface area contributed by atoms with Gasteiger partial charge >= 0.3 is 0 Å². The zero-order valence-electron chi connectivity index (χ0n) is 15.2. The van der Waals surface area contributed by atoms with E-state index < -0.39 is 9.84 Å². The van der Waals surface area contributed by atoms with Crippen LogP contribution in [0.15, 0.2) is 58.3 Å². The lowest BCUT2D eigenvalue weighted by Crippen LogP contribution is -2.15. The van der Waals surface area contributed by atoms with Crippen molar-refractivity contribution in [1.29, 1.82) is 0 Å². The molecule has 0 atom stereocenters. The largest absolute Gasteiger partial charge is 0.348 e. The Hall–Kier alpha value is -2.11. The number of fused-ring (bicyclic) bond motifs is 1. The first-order valence-corrected chi connectivity index (χ1v) is 9.83. The Morgan fingerprint density at radius 3 is 2.32 bits per heavy atom. The number of rotatable bonds is 5. The van der Waals surface area contributed by atoms with Crippen molar-refractivity contribution in [2.75, 3.05) is 20.6 Å². The fourth-order valence-corrected chi connectivity index (χ4v) is 4.49. The number of likely N-dealkylation sites (N-methyl/N-ethyl adjacent to an activating group) is 1. The summed E-state index contributed by atoms with van der Waals surface area (Å²) in [4.78, 5) is 2.82. The molecule has 0 aliphatic heterocycles. The summed E-state index contributed by atoms with van der Waals surface area (Å²) in [5, 5.41) is 1.03. The van der Waals surface area contributed by atoms with E-state index in [-0.39, 0.29) is 0 Å². The normalized spacial score (nSPS) is 12.2. The number of hydrogen-bond donors (Lipinski definition) is 0. The third kappa shape index (κ3) is 3.22. The van der Waals surface area contributed by atoms with E-state index in [0.717, 1.165) is 23.9 Å². The zero-order chi connectivity index (χ0) is 18.2. The van der Waals surface area contributed by atoms with Crippen LogP contribution >= 0.6 is 0 Å². The van der Waals surface area contributed by atoms with Gasteiger partial charge in [0, 0.05) is 30.2 Å². The van der Waals surface area contributed by atoms with Gasteiger partial charge in [-0.1, -0.05) is 18.2 Å². The van der Waals surface area contributed by atoms with Crippen molar-refractivity contribution < 1.29 is 8.42 Å². The molecule has 0 aliphatic rings. The Balaban J connectivity index is 2.15. The van der Waals surface area contributed by atoms with Crippen LogP contribution in [-0.2, 0) is 23.3 Å². The van der Waals surface area contributed by atoms with Gasteiger partial charge in [0.25, 0.3) is 0 Å². The van der Waals surface area contributed by atoms with Crippen molar-refractivity contribution in [1.82, 2.24) is 9.47 Å². The number of aromatic nitrogens is 1. The molecule has 0 bridgehead atoms. The van der Waals surface area contributed by atoms with Gasteiger partial charge in [0.05, 0.1) is 9.79 Å². The first-order chi connectivity index (χ1) is 11.8. The molecule has 0 spiro atoms. The van der Waals surface area contributed by atoms with Crippen LogP contribution in [0.1, 0.15) is 11.3 Å². The van der Waals surface area contributed by atoms with Crippen LogP contribution in [0.2, 0.25) is 0 Å². The lowest BCUT2D eigenvalue weighted by atomic mass is 10.1. The predicted octanol–water partition coefficient (Wildman–Crippen LogP) is 3.42. The van der Waals surface area contributed by atoms with Crippen LogP contribution in [0.4, 0.5) is 0 Å². The van der Waals surface area contributed by atoms with E-state index in [4.69, 9.17) is 0 Å². The minimum Gasteiger partial charge on any atom is -0.348 e. The van der Waals surface area contributed by atoms with Crippen LogP contribution in [0.25, 0.3) is 10.9 Å². The molecule has 0 aliphatic carbocycles. The second-order valence-corrected chi connectivity index (χ2v) is 8.62. The molecule has 0 saturated carbocycles. The third-order valence-corrected chi connectivity index (χ3v) is 6.53. The Morgan fingerprint density at radius 1 is 1.00 bits per heavy atom. The first kappa shape index (κ1) is 17.7. The van der Waals surface area contributed by atoms with E-state index in [0.29, 0.717) is 9.79 Å². The Kier molecular flexibility index (Phi) is 4.71.